The third kappa shape index (κ3) is 2.06. The molecular weight excluding hydrogens is 267 g/mol. The Hall–Kier alpha value is -0.630. The molecule has 0 aromatic heterocycles. The molecule has 3 nitrogen and oxygen atoms in total. The van der Waals surface area contributed by atoms with E-state index in [0.717, 1.165) is 12.1 Å². The zero-order chi connectivity index (χ0) is 11.0. The van der Waals surface area contributed by atoms with Gasteiger partial charge in [0.25, 0.3) is 0 Å². The predicted octanol–water partition coefficient (Wildman–Crippen LogP) is 3.05. The van der Waals surface area contributed by atoms with Crippen LogP contribution in [0, 0.1) is 0 Å². The maximum absolute atomic E-state index is 12.1. The first kappa shape index (κ1) is 11.4. The molecule has 0 unspecified atom stereocenters. The SMILES string of the molecule is O[N+](O)(c1ccc(Br)cc1)C(F)(F)F. The molecule has 7 heteroatoms. The Labute approximate surface area is 85.6 Å². The Morgan fingerprint density at radius 1 is 1.07 bits per heavy atom. The summed E-state index contributed by atoms with van der Waals surface area (Å²) in [5.41, 5.74) is -0.680. The van der Waals surface area contributed by atoms with E-state index in [9.17, 15) is 13.2 Å². The van der Waals surface area contributed by atoms with Gasteiger partial charge in [0.1, 0.15) is 0 Å². The molecule has 0 fully saturated rings. The van der Waals surface area contributed by atoms with Gasteiger partial charge in [0.05, 0.1) is 4.81 Å². The molecule has 0 amide bonds. The summed E-state index contributed by atoms with van der Waals surface area (Å²) in [6, 6.07) is 4.47. The number of hydroxylamine groups is 2. The molecule has 0 saturated carbocycles. The lowest BCUT2D eigenvalue weighted by Crippen LogP contribution is -2.54. The molecule has 0 radical (unpaired) electrons. The molecule has 14 heavy (non-hydrogen) atoms. The lowest BCUT2D eigenvalue weighted by atomic mass is 10.3. The lowest BCUT2D eigenvalue weighted by Gasteiger charge is -2.21. The molecule has 0 aliphatic carbocycles. The molecule has 0 heterocycles. The number of quaternary nitrogens is 1. The summed E-state index contributed by atoms with van der Waals surface area (Å²) in [7, 11) is 0. The number of halogens is 4. The molecule has 2 N–H and O–H groups in total. The third-order valence-corrected chi connectivity index (χ3v) is 2.07. The lowest BCUT2D eigenvalue weighted by molar-refractivity contribution is -0.455. The summed E-state index contributed by atoms with van der Waals surface area (Å²) >= 11 is 3.01. The highest BCUT2D eigenvalue weighted by molar-refractivity contribution is 9.10. The van der Waals surface area contributed by atoms with Gasteiger partial charge in [-0.05, 0) is 12.1 Å². The average molecular weight is 273 g/mol. The molecule has 0 atom stereocenters. The number of alkyl halides is 3. The molecule has 1 aromatic carbocycles. The highest BCUT2D eigenvalue weighted by Crippen LogP contribution is 2.33. The van der Waals surface area contributed by atoms with Gasteiger partial charge in [0.2, 0.25) is 5.69 Å². The van der Waals surface area contributed by atoms with Crippen LogP contribution in [0.25, 0.3) is 0 Å². The fourth-order valence-electron chi connectivity index (χ4n) is 0.795. The van der Waals surface area contributed by atoms with Crippen LogP contribution in [0.3, 0.4) is 0 Å². The van der Waals surface area contributed by atoms with Crippen LogP contribution in [-0.2, 0) is 0 Å². The first-order valence-corrected chi connectivity index (χ1v) is 4.22. The van der Waals surface area contributed by atoms with Crippen LogP contribution in [0.2, 0.25) is 0 Å². The molecule has 1 rings (SSSR count). The van der Waals surface area contributed by atoms with Crippen molar-refractivity contribution >= 4 is 21.6 Å². The Bertz CT molecular complexity index is 323. The number of hydrogen-bond donors (Lipinski definition) is 2. The average Bonchev–Trinajstić information content (AvgIpc) is 2.03. The van der Waals surface area contributed by atoms with Crippen LogP contribution in [-0.4, -0.2) is 16.7 Å². The number of nitrogens with zero attached hydrogens (tertiary/aromatic N) is 1. The van der Waals surface area contributed by atoms with E-state index in [1.807, 2.05) is 0 Å². The summed E-state index contributed by atoms with van der Waals surface area (Å²) in [6.07, 6.45) is -5.17. The third-order valence-electron chi connectivity index (χ3n) is 1.54. The normalized spacial score (nSPS) is 13.0. The second-order valence-corrected chi connectivity index (χ2v) is 3.46. The van der Waals surface area contributed by atoms with Gasteiger partial charge >= 0.3 is 6.30 Å². The van der Waals surface area contributed by atoms with Crippen molar-refractivity contribution in [2.75, 3.05) is 0 Å². The Balaban J connectivity index is 3.10. The Morgan fingerprint density at radius 2 is 1.50 bits per heavy atom. The van der Waals surface area contributed by atoms with Crippen molar-refractivity contribution in [2.45, 2.75) is 6.30 Å². The zero-order valence-electron chi connectivity index (χ0n) is 6.66. The second-order valence-electron chi connectivity index (χ2n) is 2.55. The van der Waals surface area contributed by atoms with Gasteiger partial charge in [-0.2, -0.15) is 10.4 Å². The molecule has 0 aliphatic rings. The fourth-order valence-corrected chi connectivity index (χ4v) is 1.06. The van der Waals surface area contributed by atoms with Crippen LogP contribution < -0.4 is 4.81 Å². The minimum atomic E-state index is -5.17. The van der Waals surface area contributed by atoms with Crippen LogP contribution in [0.5, 0.6) is 0 Å². The van der Waals surface area contributed by atoms with E-state index in [4.69, 9.17) is 10.4 Å². The number of rotatable bonds is 1. The predicted molar refractivity (Wildman–Crippen MR) is 45.6 cm³/mol. The van der Waals surface area contributed by atoms with Gasteiger partial charge in [0, 0.05) is 16.6 Å². The maximum atomic E-state index is 12.1. The van der Waals surface area contributed by atoms with Crippen LogP contribution in [0.4, 0.5) is 18.9 Å². The number of hydrogen-bond acceptors (Lipinski definition) is 2. The zero-order valence-corrected chi connectivity index (χ0v) is 8.25. The first-order chi connectivity index (χ1) is 6.25. The quantitative estimate of drug-likeness (QED) is 0.469. The van der Waals surface area contributed by atoms with Crippen molar-refractivity contribution < 1.29 is 23.6 Å². The van der Waals surface area contributed by atoms with E-state index in [1.54, 1.807) is 0 Å². The van der Waals surface area contributed by atoms with Crippen LogP contribution >= 0.6 is 15.9 Å². The highest BCUT2D eigenvalue weighted by Gasteiger charge is 2.58. The summed E-state index contributed by atoms with van der Waals surface area (Å²) in [6.45, 7) is 0. The molecule has 0 bridgehead atoms. The fraction of sp³-hybridized carbons (Fsp3) is 0.143. The minimum absolute atomic E-state index is 0.545. The maximum Gasteiger partial charge on any atom is 0.630 e. The van der Waals surface area contributed by atoms with Crippen molar-refractivity contribution in [3.05, 3.63) is 28.7 Å². The standard InChI is InChI=1S/C7H6BrF3NO2/c8-5-1-3-6(4-2-5)12(13,14)7(9,10)11/h1-4,13-14H/q+1. The van der Waals surface area contributed by atoms with E-state index >= 15 is 0 Å². The van der Waals surface area contributed by atoms with Gasteiger partial charge < -0.3 is 0 Å². The molecule has 0 saturated heterocycles. The number of benzene rings is 1. The van der Waals surface area contributed by atoms with Gasteiger partial charge in [-0.3, -0.25) is 0 Å². The van der Waals surface area contributed by atoms with Crippen LogP contribution in [0.15, 0.2) is 28.7 Å². The minimum Gasteiger partial charge on any atom is -0.168 e. The van der Waals surface area contributed by atoms with Crippen molar-refractivity contribution in [3.63, 3.8) is 0 Å². The van der Waals surface area contributed by atoms with Gasteiger partial charge in [-0.15, -0.1) is 13.2 Å². The topological polar surface area (TPSA) is 40.5 Å². The van der Waals surface area contributed by atoms with E-state index in [-0.39, 0.29) is 0 Å². The Kier molecular flexibility index (Phi) is 2.86. The summed E-state index contributed by atoms with van der Waals surface area (Å²) in [5.74, 6) is 0. The monoisotopic (exact) mass is 272 g/mol. The van der Waals surface area contributed by atoms with E-state index < -0.39 is 16.8 Å². The van der Waals surface area contributed by atoms with Gasteiger partial charge in [-0.25, -0.2) is 0 Å². The largest absolute Gasteiger partial charge is 0.630 e. The van der Waals surface area contributed by atoms with E-state index in [0.29, 0.717) is 4.47 Å². The van der Waals surface area contributed by atoms with Crippen LogP contribution in [0.1, 0.15) is 0 Å². The second kappa shape index (κ2) is 3.50. The van der Waals surface area contributed by atoms with Crippen molar-refractivity contribution in [2.24, 2.45) is 0 Å². The Morgan fingerprint density at radius 3 is 1.86 bits per heavy atom. The summed E-state index contributed by atoms with van der Waals surface area (Å²) in [4.78, 5) is -3.11. The highest BCUT2D eigenvalue weighted by atomic mass is 79.9. The summed E-state index contributed by atoms with van der Waals surface area (Å²) < 4.78 is 36.8. The molecule has 1 aromatic rings. The van der Waals surface area contributed by atoms with E-state index in [1.165, 1.54) is 12.1 Å². The molecule has 78 valence electrons. The van der Waals surface area contributed by atoms with Crippen molar-refractivity contribution in [1.29, 1.82) is 0 Å². The van der Waals surface area contributed by atoms with Gasteiger partial charge in [0.15, 0.2) is 0 Å². The van der Waals surface area contributed by atoms with E-state index in [2.05, 4.69) is 15.9 Å². The molecular formula is C7H6BrF3NO2+. The summed E-state index contributed by atoms with van der Waals surface area (Å²) in [5, 5.41) is 17.5. The van der Waals surface area contributed by atoms with Gasteiger partial charge in [-0.1, -0.05) is 15.9 Å². The molecule has 0 aliphatic heterocycles. The smallest absolute Gasteiger partial charge is 0.168 e. The first-order valence-electron chi connectivity index (χ1n) is 3.42. The van der Waals surface area contributed by atoms with Crippen molar-refractivity contribution in [3.8, 4) is 0 Å². The molecule has 0 spiro atoms. The van der Waals surface area contributed by atoms with Crippen molar-refractivity contribution in [1.82, 2.24) is 4.81 Å².